The fourth-order valence-electron chi connectivity index (χ4n) is 3.95. The van der Waals surface area contributed by atoms with Gasteiger partial charge in [-0.25, -0.2) is 0 Å². The van der Waals surface area contributed by atoms with Gasteiger partial charge in [0.2, 0.25) is 11.8 Å². The van der Waals surface area contributed by atoms with Crippen LogP contribution in [0.15, 0.2) is 18.2 Å². The standard InChI is InChI=1S/C20H24N4O5/c25-17-6-5-16(18(26)23-17)24-19(27)14-4-3-12(10-15(14)20(24)28)22-7-1-2-13-11-21-8-9-29-13/h3-4,10,13,16,21-22H,1-2,5-9,11H2,(H,23,25,26). The molecule has 1 aromatic rings. The van der Waals surface area contributed by atoms with Crippen LogP contribution in [0.4, 0.5) is 5.69 Å². The topological polar surface area (TPSA) is 117 Å². The van der Waals surface area contributed by atoms with Gasteiger partial charge in [-0.1, -0.05) is 0 Å². The third-order valence-electron chi connectivity index (χ3n) is 5.48. The summed E-state index contributed by atoms with van der Waals surface area (Å²) in [6.07, 6.45) is 2.34. The van der Waals surface area contributed by atoms with Crippen molar-refractivity contribution in [1.82, 2.24) is 15.5 Å². The lowest BCUT2D eigenvalue weighted by molar-refractivity contribution is -0.136. The molecule has 3 aliphatic heterocycles. The third-order valence-corrected chi connectivity index (χ3v) is 5.48. The minimum absolute atomic E-state index is 0.108. The second-order valence-corrected chi connectivity index (χ2v) is 7.47. The van der Waals surface area contributed by atoms with E-state index in [1.54, 1.807) is 18.2 Å². The lowest BCUT2D eigenvalue weighted by Gasteiger charge is -2.27. The summed E-state index contributed by atoms with van der Waals surface area (Å²) in [4.78, 5) is 49.9. The van der Waals surface area contributed by atoms with Crippen LogP contribution in [0, 0.1) is 0 Å². The highest BCUT2D eigenvalue weighted by Crippen LogP contribution is 2.29. The van der Waals surface area contributed by atoms with E-state index in [9.17, 15) is 19.2 Å². The Morgan fingerprint density at radius 2 is 1.97 bits per heavy atom. The zero-order valence-electron chi connectivity index (χ0n) is 16.0. The van der Waals surface area contributed by atoms with Gasteiger partial charge in [-0.2, -0.15) is 0 Å². The molecule has 2 fully saturated rings. The van der Waals surface area contributed by atoms with Gasteiger partial charge in [0.05, 0.1) is 23.8 Å². The van der Waals surface area contributed by atoms with Gasteiger partial charge in [0.25, 0.3) is 11.8 Å². The smallest absolute Gasteiger partial charge is 0.262 e. The number of morpholine rings is 1. The first-order valence-electron chi connectivity index (χ1n) is 9.96. The van der Waals surface area contributed by atoms with Crippen molar-refractivity contribution in [3.05, 3.63) is 29.3 Å². The maximum atomic E-state index is 12.8. The van der Waals surface area contributed by atoms with Crippen LogP contribution in [0.1, 0.15) is 46.4 Å². The fourth-order valence-corrected chi connectivity index (χ4v) is 3.95. The molecule has 3 N–H and O–H groups in total. The molecule has 0 aromatic heterocycles. The van der Waals surface area contributed by atoms with Crippen molar-refractivity contribution in [2.45, 2.75) is 37.8 Å². The summed E-state index contributed by atoms with van der Waals surface area (Å²) >= 11 is 0. The summed E-state index contributed by atoms with van der Waals surface area (Å²) in [6.45, 7) is 3.22. The van der Waals surface area contributed by atoms with Crippen molar-refractivity contribution in [1.29, 1.82) is 0 Å². The van der Waals surface area contributed by atoms with Gasteiger partial charge in [-0.15, -0.1) is 0 Å². The Hall–Kier alpha value is -2.78. The van der Waals surface area contributed by atoms with E-state index in [-0.39, 0.29) is 36.0 Å². The van der Waals surface area contributed by atoms with Crippen molar-refractivity contribution >= 4 is 29.3 Å². The number of fused-ring (bicyclic) bond motifs is 1. The summed E-state index contributed by atoms with van der Waals surface area (Å²) in [6, 6.07) is 4.08. The van der Waals surface area contributed by atoms with E-state index in [1.165, 1.54) is 0 Å². The van der Waals surface area contributed by atoms with Gasteiger partial charge < -0.3 is 15.4 Å². The Bertz CT molecular complexity index is 849. The van der Waals surface area contributed by atoms with Crippen molar-refractivity contribution < 1.29 is 23.9 Å². The van der Waals surface area contributed by atoms with Crippen molar-refractivity contribution in [3.8, 4) is 0 Å². The van der Waals surface area contributed by atoms with Crippen molar-refractivity contribution in [2.75, 3.05) is 31.6 Å². The molecule has 154 valence electrons. The number of nitrogens with zero attached hydrogens (tertiary/aromatic N) is 1. The van der Waals surface area contributed by atoms with Crippen molar-refractivity contribution in [2.24, 2.45) is 0 Å². The van der Waals surface area contributed by atoms with Gasteiger partial charge in [0, 0.05) is 31.7 Å². The molecule has 0 saturated carbocycles. The van der Waals surface area contributed by atoms with Crippen LogP contribution in [0.2, 0.25) is 0 Å². The number of carbonyl (C=O) groups excluding carboxylic acids is 4. The highest BCUT2D eigenvalue weighted by Gasteiger charge is 2.44. The Morgan fingerprint density at radius 1 is 1.14 bits per heavy atom. The number of nitrogens with one attached hydrogen (secondary N) is 3. The van der Waals surface area contributed by atoms with Crippen LogP contribution >= 0.6 is 0 Å². The van der Waals surface area contributed by atoms with E-state index in [1.807, 2.05) is 0 Å². The third kappa shape index (κ3) is 4.01. The lowest BCUT2D eigenvalue weighted by Crippen LogP contribution is -2.54. The summed E-state index contributed by atoms with van der Waals surface area (Å²) < 4.78 is 5.67. The number of carbonyl (C=O) groups is 4. The van der Waals surface area contributed by atoms with Crippen LogP contribution in [0.5, 0.6) is 0 Å². The molecule has 0 aliphatic carbocycles. The minimum atomic E-state index is -0.944. The van der Waals surface area contributed by atoms with Crippen LogP contribution in [-0.4, -0.2) is 66.9 Å². The largest absolute Gasteiger partial charge is 0.385 e. The van der Waals surface area contributed by atoms with E-state index in [2.05, 4.69) is 16.0 Å². The molecule has 29 heavy (non-hydrogen) atoms. The predicted octanol–water partition coefficient (Wildman–Crippen LogP) is 0.268. The highest BCUT2D eigenvalue weighted by atomic mass is 16.5. The number of hydrogen-bond donors (Lipinski definition) is 3. The van der Waals surface area contributed by atoms with Gasteiger partial charge >= 0.3 is 0 Å². The quantitative estimate of drug-likeness (QED) is 0.463. The second kappa shape index (κ2) is 8.30. The van der Waals surface area contributed by atoms with Crippen LogP contribution in [0.3, 0.4) is 0 Å². The van der Waals surface area contributed by atoms with Crippen LogP contribution in [0.25, 0.3) is 0 Å². The Labute approximate surface area is 168 Å². The molecule has 4 amide bonds. The molecule has 2 unspecified atom stereocenters. The molecule has 9 nitrogen and oxygen atoms in total. The molecule has 0 radical (unpaired) electrons. The summed E-state index contributed by atoms with van der Waals surface area (Å²) in [5.41, 5.74) is 1.31. The van der Waals surface area contributed by atoms with Gasteiger partial charge in [0.15, 0.2) is 0 Å². The minimum Gasteiger partial charge on any atom is -0.385 e. The maximum Gasteiger partial charge on any atom is 0.262 e. The molecule has 3 heterocycles. The number of anilines is 1. The molecule has 9 heteroatoms. The Morgan fingerprint density at radius 3 is 2.72 bits per heavy atom. The van der Waals surface area contributed by atoms with Gasteiger partial charge in [-0.05, 0) is 37.5 Å². The molecule has 2 saturated heterocycles. The number of hydrogen-bond acceptors (Lipinski definition) is 7. The first-order valence-corrected chi connectivity index (χ1v) is 9.96. The molecule has 3 aliphatic rings. The normalized spacial score (nSPS) is 24.5. The van der Waals surface area contributed by atoms with E-state index in [4.69, 9.17) is 4.74 Å². The predicted molar refractivity (Wildman–Crippen MR) is 103 cm³/mol. The van der Waals surface area contributed by atoms with Crippen molar-refractivity contribution in [3.63, 3.8) is 0 Å². The van der Waals surface area contributed by atoms with Crippen LogP contribution in [-0.2, 0) is 14.3 Å². The van der Waals surface area contributed by atoms with Crippen LogP contribution < -0.4 is 16.0 Å². The number of amides is 4. The zero-order chi connectivity index (χ0) is 20.4. The maximum absolute atomic E-state index is 12.8. The molecule has 0 spiro atoms. The molecular formula is C20H24N4O5. The number of benzene rings is 1. The molecule has 0 bridgehead atoms. The SMILES string of the molecule is O=C1CCC(N2C(=O)c3ccc(NCCCC4CNCCO4)cc3C2=O)C(=O)N1. The van der Waals surface area contributed by atoms with Gasteiger partial charge in [0.1, 0.15) is 6.04 Å². The Balaban J connectivity index is 1.38. The monoisotopic (exact) mass is 400 g/mol. The average Bonchev–Trinajstić information content (AvgIpc) is 2.96. The highest BCUT2D eigenvalue weighted by molar-refractivity contribution is 6.23. The number of rotatable bonds is 6. The number of piperidine rings is 1. The number of ether oxygens (including phenoxy) is 1. The van der Waals surface area contributed by atoms with E-state index in [0.29, 0.717) is 0 Å². The molecule has 1 aromatic carbocycles. The van der Waals surface area contributed by atoms with E-state index >= 15 is 0 Å². The number of imide groups is 2. The summed E-state index contributed by atoms with van der Waals surface area (Å²) in [5, 5.41) is 8.77. The fraction of sp³-hybridized carbons (Fsp3) is 0.500. The lowest BCUT2D eigenvalue weighted by atomic mass is 10.0. The van der Waals surface area contributed by atoms with E-state index in [0.717, 1.165) is 49.7 Å². The first-order chi connectivity index (χ1) is 14.0. The van der Waals surface area contributed by atoms with Gasteiger partial charge in [-0.3, -0.25) is 29.4 Å². The molecule has 2 atom stereocenters. The van der Waals surface area contributed by atoms with E-state index < -0.39 is 23.8 Å². The average molecular weight is 400 g/mol. The first kappa shape index (κ1) is 19.5. The molecular weight excluding hydrogens is 376 g/mol. The molecule has 4 rings (SSSR count). The summed E-state index contributed by atoms with van der Waals surface area (Å²) in [5.74, 6) is -1.98. The summed E-state index contributed by atoms with van der Waals surface area (Å²) in [7, 11) is 0. The Kier molecular flexibility index (Phi) is 5.59. The second-order valence-electron chi connectivity index (χ2n) is 7.47. The zero-order valence-corrected chi connectivity index (χ0v) is 16.0.